The summed E-state index contributed by atoms with van der Waals surface area (Å²) in [7, 11) is 0. The van der Waals surface area contributed by atoms with E-state index in [-0.39, 0.29) is 6.04 Å². The van der Waals surface area contributed by atoms with E-state index in [2.05, 4.69) is 29.2 Å². The molecule has 0 fully saturated rings. The van der Waals surface area contributed by atoms with E-state index < -0.39 is 5.91 Å². The van der Waals surface area contributed by atoms with Crippen molar-refractivity contribution in [3.05, 3.63) is 95.6 Å². The summed E-state index contributed by atoms with van der Waals surface area (Å²) in [5.74, 6) is 0.112. The van der Waals surface area contributed by atoms with Gasteiger partial charge in [-0.05, 0) is 29.8 Å². The van der Waals surface area contributed by atoms with Gasteiger partial charge in [-0.3, -0.25) is 10.0 Å². The van der Waals surface area contributed by atoms with Crippen LogP contribution in [0.2, 0.25) is 0 Å². The van der Waals surface area contributed by atoms with Crippen LogP contribution in [0.4, 0.5) is 5.69 Å². The molecule has 1 aliphatic heterocycles. The van der Waals surface area contributed by atoms with E-state index in [1.54, 1.807) is 17.6 Å². The monoisotopic (exact) mass is 360 g/mol. The number of carbonyl (C=O) groups excluding carboxylic acids is 1. The van der Waals surface area contributed by atoms with Crippen molar-refractivity contribution < 1.29 is 14.7 Å². The number of ether oxygens (including phenoxy) is 1. The van der Waals surface area contributed by atoms with E-state index in [0.29, 0.717) is 24.5 Å². The molecule has 1 aliphatic rings. The van der Waals surface area contributed by atoms with E-state index in [9.17, 15) is 4.79 Å². The number of anilines is 1. The first-order valence-electron chi connectivity index (χ1n) is 8.83. The molecule has 0 saturated heterocycles. The molecule has 1 atom stereocenters. The lowest BCUT2D eigenvalue weighted by Gasteiger charge is -2.31. The number of carbonyl (C=O) groups is 1. The zero-order chi connectivity index (χ0) is 18.6. The molecule has 1 amide bonds. The van der Waals surface area contributed by atoms with Crippen molar-refractivity contribution in [2.24, 2.45) is 0 Å². The number of nitrogens with one attached hydrogen (secondary N) is 1. The van der Waals surface area contributed by atoms with Gasteiger partial charge in [-0.1, -0.05) is 54.6 Å². The maximum absolute atomic E-state index is 11.7. The van der Waals surface area contributed by atoms with Crippen molar-refractivity contribution in [2.75, 3.05) is 11.5 Å². The van der Waals surface area contributed by atoms with Crippen molar-refractivity contribution in [2.45, 2.75) is 12.6 Å². The summed E-state index contributed by atoms with van der Waals surface area (Å²) < 4.78 is 6.10. The third-order valence-corrected chi connectivity index (χ3v) is 4.82. The Morgan fingerprint density at radius 1 is 1.00 bits per heavy atom. The number of hydrogen-bond donors (Lipinski definition) is 2. The molecule has 0 aliphatic carbocycles. The molecule has 3 aromatic carbocycles. The summed E-state index contributed by atoms with van der Waals surface area (Å²) in [6.07, 6.45) is 0. The van der Waals surface area contributed by atoms with Crippen LogP contribution in [0.1, 0.15) is 27.5 Å². The second kappa shape index (κ2) is 7.51. The predicted molar refractivity (Wildman–Crippen MR) is 103 cm³/mol. The summed E-state index contributed by atoms with van der Waals surface area (Å²) >= 11 is 0. The fourth-order valence-corrected chi connectivity index (χ4v) is 3.42. The molecule has 3 aromatic rings. The SMILES string of the molecule is O=C(NO)c1ccc2c(c1)OC[C@H](c1ccccc1)N(c1ccccc1)C2. The number of fused-ring (bicyclic) bond motifs is 1. The topological polar surface area (TPSA) is 61.8 Å². The molecule has 27 heavy (non-hydrogen) atoms. The molecule has 2 N–H and O–H groups in total. The normalized spacial score (nSPS) is 16.0. The van der Waals surface area contributed by atoms with Gasteiger partial charge in [0.05, 0.1) is 6.04 Å². The van der Waals surface area contributed by atoms with Crippen LogP contribution in [0, 0.1) is 0 Å². The molecule has 136 valence electrons. The third-order valence-electron chi connectivity index (χ3n) is 4.82. The van der Waals surface area contributed by atoms with Gasteiger partial charge in [-0.25, -0.2) is 5.48 Å². The van der Waals surface area contributed by atoms with Gasteiger partial charge in [0.2, 0.25) is 0 Å². The number of hydroxylamine groups is 1. The lowest BCUT2D eigenvalue weighted by molar-refractivity contribution is 0.0706. The van der Waals surface area contributed by atoms with E-state index in [1.807, 2.05) is 42.5 Å². The van der Waals surface area contributed by atoms with Crippen molar-refractivity contribution in [1.29, 1.82) is 0 Å². The quantitative estimate of drug-likeness (QED) is 0.548. The highest BCUT2D eigenvalue weighted by Crippen LogP contribution is 2.35. The highest BCUT2D eigenvalue weighted by atomic mass is 16.5. The molecule has 5 nitrogen and oxygen atoms in total. The van der Waals surface area contributed by atoms with E-state index >= 15 is 0 Å². The Morgan fingerprint density at radius 2 is 1.70 bits per heavy atom. The van der Waals surface area contributed by atoms with Crippen molar-refractivity contribution in [3.8, 4) is 5.75 Å². The highest BCUT2D eigenvalue weighted by Gasteiger charge is 2.27. The lowest BCUT2D eigenvalue weighted by atomic mass is 10.0. The molecular weight excluding hydrogens is 340 g/mol. The van der Waals surface area contributed by atoms with Crippen LogP contribution < -0.4 is 15.1 Å². The average Bonchev–Trinajstić information content (AvgIpc) is 2.93. The van der Waals surface area contributed by atoms with Crippen LogP contribution in [0.5, 0.6) is 5.75 Å². The third kappa shape index (κ3) is 3.50. The number of rotatable bonds is 3. The van der Waals surface area contributed by atoms with Crippen LogP contribution in [-0.2, 0) is 6.54 Å². The van der Waals surface area contributed by atoms with Crippen molar-refractivity contribution in [1.82, 2.24) is 5.48 Å². The van der Waals surface area contributed by atoms with Crippen LogP contribution >= 0.6 is 0 Å². The van der Waals surface area contributed by atoms with E-state index in [4.69, 9.17) is 9.94 Å². The zero-order valence-electron chi connectivity index (χ0n) is 14.7. The van der Waals surface area contributed by atoms with E-state index in [0.717, 1.165) is 11.3 Å². The van der Waals surface area contributed by atoms with Crippen molar-refractivity contribution >= 4 is 11.6 Å². The minimum absolute atomic E-state index is 0.0381. The Hall–Kier alpha value is -3.31. The summed E-state index contributed by atoms with van der Waals surface area (Å²) in [4.78, 5) is 14.0. The predicted octanol–water partition coefficient (Wildman–Crippen LogP) is 3.95. The van der Waals surface area contributed by atoms with Gasteiger partial charge in [-0.2, -0.15) is 0 Å². The summed E-state index contributed by atoms with van der Waals surface area (Å²) in [6.45, 7) is 1.11. The molecular formula is C22H20N2O3. The van der Waals surface area contributed by atoms with Gasteiger partial charge in [0.25, 0.3) is 5.91 Å². The first kappa shape index (κ1) is 17.1. The van der Waals surface area contributed by atoms with Crippen molar-refractivity contribution in [3.63, 3.8) is 0 Å². The van der Waals surface area contributed by atoms with Gasteiger partial charge >= 0.3 is 0 Å². The van der Waals surface area contributed by atoms with Crippen LogP contribution in [0.3, 0.4) is 0 Å². The summed E-state index contributed by atoms with van der Waals surface area (Å²) in [5, 5.41) is 8.88. The standard InChI is InChI=1S/C22H20N2O3/c25-22(23-26)17-11-12-18-14-24(19-9-5-2-6-10-19)20(15-27-21(18)13-17)16-7-3-1-4-8-16/h1-13,20,26H,14-15H2,(H,23,25)/t20-/m1/s1. The number of amides is 1. The van der Waals surface area contributed by atoms with Gasteiger partial charge in [-0.15, -0.1) is 0 Å². The molecule has 4 rings (SSSR count). The van der Waals surface area contributed by atoms with Gasteiger partial charge < -0.3 is 9.64 Å². The molecule has 0 bridgehead atoms. The maximum atomic E-state index is 11.7. The molecule has 0 radical (unpaired) electrons. The maximum Gasteiger partial charge on any atom is 0.274 e. The molecule has 0 spiro atoms. The fourth-order valence-electron chi connectivity index (χ4n) is 3.42. The average molecular weight is 360 g/mol. The Bertz CT molecular complexity index is 929. The summed E-state index contributed by atoms with van der Waals surface area (Å²) in [5.41, 5.74) is 5.30. The van der Waals surface area contributed by atoms with Gasteiger partial charge in [0, 0.05) is 23.4 Å². The minimum Gasteiger partial charge on any atom is -0.491 e. The van der Waals surface area contributed by atoms with Gasteiger partial charge in [0.1, 0.15) is 12.4 Å². The first-order valence-corrected chi connectivity index (χ1v) is 8.83. The molecule has 0 aromatic heterocycles. The van der Waals surface area contributed by atoms with Crippen LogP contribution in [0.25, 0.3) is 0 Å². The Labute approximate surface area is 157 Å². The Morgan fingerprint density at radius 3 is 2.41 bits per heavy atom. The largest absolute Gasteiger partial charge is 0.491 e. The number of para-hydroxylation sites is 1. The van der Waals surface area contributed by atoms with Gasteiger partial charge in [0.15, 0.2) is 0 Å². The number of nitrogens with zero attached hydrogens (tertiary/aromatic N) is 1. The van der Waals surface area contributed by atoms with Crippen LogP contribution in [0.15, 0.2) is 78.9 Å². The lowest BCUT2D eigenvalue weighted by Crippen LogP contribution is -2.30. The molecule has 5 heteroatoms. The number of benzene rings is 3. The highest BCUT2D eigenvalue weighted by molar-refractivity contribution is 5.93. The fraction of sp³-hybridized carbons (Fsp3) is 0.136. The number of hydrogen-bond acceptors (Lipinski definition) is 4. The zero-order valence-corrected chi connectivity index (χ0v) is 14.7. The van der Waals surface area contributed by atoms with E-state index in [1.165, 1.54) is 5.56 Å². The summed E-state index contributed by atoms with van der Waals surface area (Å²) in [6, 6.07) is 25.8. The second-order valence-electron chi connectivity index (χ2n) is 6.46. The first-order chi connectivity index (χ1) is 13.3. The minimum atomic E-state index is -0.551. The Kier molecular flexibility index (Phi) is 4.77. The van der Waals surface area contributed by atoms with Crippen LogP contribution in [-0.4, -0.2) is 17.7 Å². The molecule has 1 heterocycles. The molecule has 0 unspecified atom stereocenters. The second-order valence-corrected chi connectivity index (χ2v) is 6.46. The Balaban J connectivity index is 1.75. The molecule has 0 saturated carbocycles. The smallest absolute Gasteiger partial charge is 0.274 e.